The third-order valence-corrected chi connectivity index (χ3v) is 4.60. The summed E-state index contributed by atoms with van der Waals surface area (Å²) < 4.78 is 0. The number of benzene rings is 3. The Kier molecular flexibility index (Phi) is 5.52. The van der Waals surface area contributed by atoms with Crippen LogP contribution in [0.5, 0.6) is 0 Å². The summed E-state index contributed by atoms with van der Waals surface area (Å²) in [6, 6.07) is 28.1. The molecule has 0 bridgehead atoms. The summed E-state index contributed by atoms with van der Waals surface area (Å²) in [5, 5.41) is 9.45. The zero-order chi connectivity index (χ0) is 17.6. The fraction of sp³-hybridized carbons (Fsp3) is 0.136. The summed E-state index contributed by atoms with van der Waals surface area (Å²) in [5.74, 6) is 0.497. The van der Waals surface area contributed by atoms with Crippen LogP contribution in [0.4, 0.5) is 0 Å². The smallest absolute Gasteiger partial charge is 0.128 e. The Morgan fingerprint density at radius 3 is 2.04 bits per heavy atom. The number of rotatable bonds is 5. The number of nitrogens with zero attached hydrogens (tertiary/aromatic N) is 1. The monoisotopic (exact) mass is 348 g/mol. The van der Waals surface area contributed by atoms with Gasteiger partial charge in [-0.3, -0.25) is 5.41 Å². The average molecular weight is 349 g/mol. The fourth-order valence-electron chi connectivity index (χ4n) is 2.87. The Bertz CT molecular complexity index is 814. The van der Waals surface area contributed by atoms with Crippen molar-refractivity contribution >= 4 is 17.4 Å². The molecule has 1 atom stereocenters. The van der Waals surface area contributed by atoms with E-state index in [0.29, 0.717) is 17.4 Å². The van der Waals surface area contributed by atoms with Crippen LogP contribution in [0.1, 0.15) is 29.7 Å². The third kappa shape index (κ3) is 4.28. The van der Waals surface area contributed by atoms with E-state index in [1.54, 1.807) is 0 Å². The van der Waals surface area contributed by atoms with Gasteiger partial charge in [-0.1, -0.05) is 72.3 Å². The molecule has 0 fully saturated rings. The van der Waals surface area contributed by atoms with Crippen LogP contribution in [-0.2, 0) is 6.54 Å². The maximum absolute atomic E-state index is 8.77. The Balaban J connectivity index is 1.93. The summed E-state index contributed by atoms with van der Waals surface area (Å²) in [5.41, 5.74) is 3.24. The molecule has 0 unspecified atom stereocenters. The molecule has 0 amide bonds. The highest BCUT2D eigenvalue weighted by atomic mass is 35.5. The molecule has 0 saturated heterocycles. The van der Waals surface area contributed by atoms with E-state index < -0.39 is 0 Å². The normalized spacial score (nSPS) is 11.8. The predicted molar refractivity (Wildman–Crippen MR) is 105 cm³/mol. The highest BCUT2D eigenvalue weighted by Gasteiger charge is 2.20. The molecule has 0 aliphatic heterocycles. The SMILES string of the molecule is C[C@@H](c1ccccc1)N(Cc1ccccc1)C(=N)c1ccc(Cl)cc1. The molecule has 0 heterocycles. The van der Waals surface area contributed by atoms with Crippen molar-refractivity contribution < 1.29 is 0 Å². The largest absolute Gasteiger partial charge is 0.346 e. The molecule has 3 rings (SSSR count). The lowest BCUT2D eigenvalue weighted by Gasteiger charge is -2.32. The Hall–Kier alpha value is -2.58. The van der Waals surface area contributed by atoms with Crippen molar-refractivity contribution in [1.82, 2.24) is 4.90 Å². The van der Waals surface area contributed by atoms with Crippen molar-refractivity contribution in [3.8, 4) is 0 Å². The molecule has 0 saturated carbocycles. The van der Waals surface area contributed by atoms with Crippen LogP contribution >= 0.6 is 11.6 Å². The molecule has 2 nitrogen and oxygen atoms in total. The van der Waals surface area contributed by atoms with Crippen molar-refractivity contribution in [3.05, 3.63) is 107 Å². The molecule has 0 aromatic heterocycles. The van der Waals surface area contributed by atoms with Crippen molar-refractivity contribution in [3.63, 3.8) is 0 Å². The predicted octanol–water partition coefficient (Wildman–Crippen LogP) is 5.93. The summed E-state index contributed by atoms with van der Waals surface area (Å²) in [6.45, 7) is 2.82. The first-order valence-corrected chi connectivity index (χ1v) is 8.73. The first kappa shape index (κ1) is 17.2. The van der Waals surface area contributed by atoms with Gasteiger partial charge < -0.3 is 4.90 Å². The Morgan fingerprint density at radius 2 is 1.44 bits per heavy atom. The molecule has 3 aromatic carbocycles. The molecular weight excluding hydrogens is 328 g/mol. The van der Waals surface area contributed by atoms with Gasteiger partial charge in [0.1, 0.15) is 5.84 Å². The van der Waals surface area contributed by atoms with E-state index in [2.05, 4.69) is 36.1 Å². The molecule has 0 radical (unpaired) electrons. The second-order valence-electron chi connectivity index (χ2n) is 6.06. The van der Waals surface area contributed by atoms with E-state index in [1.807, 2.05) is 60.7 Å². The second-order valence-corrected chi connectivity index (χ2v) is 6.49. The number of nitrogens with one attached hydrogen (secondary N) is 1. The number of amidine groups is 1. The van der Waals surface area contributed by atoms with Crippen molar-refractivity contribution in [2.24, 2.45) is 0 Å². The van der Waals surface area contributed by atoms with Crippen LogP contribution < -0.4 is 0 Å². The van der Waals surface area contributed by atoms with E-state index in [4.69, 9.17) is 17.0 Å². The highest BCUT2D eigenvalue weighted by molar-refractivity contribution is 6.30. The van der Waals surface area contributed by atoms with Gasteiger partial charge in [0.05, 0.1) is 6.04 Å². The van der Waals surface area contributed by atoms with Crippen LogP contribution in [0.15, 0.2) is 84.9 Å². The molecule has 25 heavy (non-hydrogen) atoms. The minimum absolute atomic E-state index is 0.0876. The molecular formula is C22H21ClN2. The molecule has 1 N–H and O–H groups in total. The molecule has 3 heteroatoms. The molecule has 126 valence electrons. The van der Waals surface area contributed by atoms with Gasteiger partial charge >= 0.3 is 0 Å². The van der Waals surface area contributed by atoms with E-state index in [-0.39, 0.29) is 6.04 Å². The Morgan fingerprint density at radius 1 is 0.880 bits per heavy atom. The third-order valence-electron chi connectivity index (χ3n) is 4.35. The number of halogens is 1. The Labute approximate surface area is 154 Å². The van der Waals surface area contributed by atoms with E-state index in [1.165, 1.54) is 11.1 Å². The van der Waals surface area contributed by atoms with Crippen LogP contribution in [0.25, 0.3) is 0 Å². The first-order chi connectivity index (χ1) is 12.1. The summed E-state index contributed by atoms with van der Waals surface area (Å²) >= 11 is 6.00. The number of hydrogen-bond donors (Lipinski definition) is 1. The van der Waals surface area contributed by atoms with Gasteiger partial charge in [-0.2, -0.15) is 0 Å². The summed E-state index contributed by atoms with van der Waals surface area (Å²) in [6.07, 6.45) is 0. The van der Waals surface area contributed by atoms with E-state index in [9.17, 15) is 0 Å². The van der Waals surface area contributed by atoms with Gasteiger partial charge in [0.15, 0.2) is 0 Å². The van der Waals surface area contributed by atoms with Crippen molar-refractivity contribution in [2.45, 2.75) is 19.5 Å². The summed E-state index contributed by atoms with van der Waals surface area (Å²) in [4.78, 5) is 2.12. The van der Waals surface area contributed by atoms with Crippen LogP contribution in [0, 0.1) is 5.41 Å². The van der Waals surface area contributed by atoms with E-state index >= 15 is 0 Å². The van der Waals surface area contributed by atoms with Gasteiger partial charge in [-0.15, -0.1) is 0 Å². The van der Waals surface area contributed by atoms with Gasteiger partial charge in [0.25, 0.3) is 0 Å². The van der Waals surface area contributed by atoms with Gasteiger partial charge in [-0.05, 0) is 42.3 Å². The zero-order valence-corrected chi connectivity index (χ0v) is 14.9. The first-order valence-electron chi connectivity index (χ1n) is 8.35. The van der Waals surface area contributed by atoms with Crippen LogP contribution in [0.3, 0.4) is 0 Å². The topological polar surface area (TPSA) is 27.1 Å². The average Bonchev–Trinajstić information content (AvgIpc) is 2.67. The van der Waals surface area contributed by atoms with Crippen LogP contribution in [0.2, 0.25) is 5.02 Å². The van der Waals surface area contributed by atoms with Gasteiger partial charge in [0, 0.05) is 17.1 Å². The fourth-order valence-corrected chi connectivity index (χ4v) is 3.00. The molecule has 3 aromatic rings. The molecule has 0 aliphatic carbocycles. The zero-order valence-electron chi connectivity index (χ0n) is 14.2. The van der Waals surface area contributed by atoms with Gasteiger partial charge in [0.2, 0.25) is 0 Å². The van der Waals surface area contributed by atoms with Crippen molar-refractivity contribution in [1.29, 1.82) is 5.41 Å². The maximum Gasteiger partial charge on any atom is 0.128 e. The van der Waals surface area contributed by atoms with Crippen LogP contribution in [-0.4, -0.2) is 10.7 Å². The van der Waals surface area contributed by atoms with E-state index in [0.717, 1.165) is 5.56 Å². The quantitative estimate of drug-likeness (QED) is 0.449. The minimum atomic E-state index is 0.0876. The lowest BCUT2D eigenvalue weighted by Crippen LogP contribution is -2.33. The summed E-state index contributed by atoms with van der Waals surface area (Å²) in [7, 11) is 0. The van der Waals surface area contributed by atoms with Crippen molar-refractivity contribution in [2.75, 3.05) is 0 Å². The minimum Gasteiger partial charge on any atom is -0.346 e. The molecule has 0 aliphatic rings. The highest BCUT2D eigenvalue weighted by Crippen LogP contribution is 2.25. The van der Waals surface area contributed by atoms with Gasteiger partial charge in [-0.25, -0.2) is 0 Å². The lowest BCUT2D eigenvalue weighted by atomic mass is 10.0. The maximum atomic E-state index is 8.77. The molecule has 0 spiro atoms. The second kappa shape index (κ2) is 8.00. The lowest BCUT2D eigenvalue weighted by molar-refractivity contribution is 0.328. The standard InChI is InChI=1S/C22H21ClN2/c1-17(19-10-6-3-7-11-19)25(16-18-8-4-2-5-9-18)22(24)20-12-14-21(23)15-13-20/h2-15,17,24H,16H2,1H3/t17-/m0/s1. The number of hydrogen-bond acceptors (Lipinski definition) is 1.